The van der Waals surface area contributed by atoms with E-state index < -0.39 is 11.9 Å². The number of halogens is 2. The van der Waals surface area contributed by atoms with Crippen LogP contribution in [-0.2, 0) is 25.7 Å². The van der Waals surface area contributed by atoms with Crippen molar-refractivity contribution >= 4 is 49.9 Å². The topological polar surface area (TPSA) is 61.8 Å². The Morgan fingerprint density at radius 3 is 2.00 bits per heavy atom. The number of rotatable bonds is 6. The lowest BCUT2D eigenvalue weighted by molar-refractivity contribution is -0.143. The molecular formula is C19H16Br2O5. The lowest BCUT2D eigenvalue weighted by atomic mass is 10.1. The zero-order valence-corrected chi connectivity index (χ0v) is 17.3. The Labute approximate surface area is 168 Å². The van der Waals surface area contributed by atoms with Gasteiger partial charge in [-0.2, -0.15) is 0 Å². The summed E-state index contributed by atoms with van der Waals surface area (Å²) in [5.74, 6) is -0.925. The van der Waals surface area contributed by atoms with Crippen molar-refractivity contribution in [2.45, 2.75) is 6.61 Å². The molecular weight excluding hydrogens is 468 g/mol. The van der Waals surface area contributed by atoms with Crippen LogP contribution in [-0.4, -0.2) is 26.2 Å². The van der Waals surface area contributed by atoms with Gasteiger partial charge in [0, 0.05) is 0 Å². The van der Waals surface area contributed by atoms with Crippen LogP contribution in [0.15, 0.2) is 57.0 Å². The monoisotopic (exact) mass is 482 g/mol. The van der Waals surface area contributed by atoms with Crippen LogP contribution >= 0.6 is 31.9 Å². The molecule has 0 saturated heterocycles. The Kier molecular flexibility index (Phi) is 7.41. The number of carbonyl (C=O) groups excluding carboxylic acids is 2. The minimum Gasteiger partial charge on any atom is -0.487 e. The summed E-state index contributed by atoms with van der Waals surface area (Å²) in [5, 5.41) is 0. The average molecular weight is 484 g/mol. The molecule has 7 heteroatoms. The van der Waals surface area contributed by atoms with Gasteiger partial charge in [-0.3, -0.25) is 0 Å². The zero-order chi connectivity index (χ0) is 19.1. The Hall–Kier alpha value is -2.12. The van der Waals surface area contributed by atoms with E-state index >= 15 is 0 Å². The van der Waals surface area contributed by atoms with Gasteiger partial charge in [0.05, 0.1) is 23.2 Å². The fourth-order valence-electron chi connectivity index (χ4n) is 2.12. The molecule has 0 amide bonds. The smallest absolute Gasteiger partial charge is 0.345 e. The summed E-state index contributed by atoms with van der Waals surface area (Å²) < 4.78 is 16.4. The maximum Gasteiger partial charge on any atom is 0.345 e. The number of benzene rings is 2. The molecule has 0 unspecified atom stereocenters. The molecule has 0 spiro atoms. The van der Waals surface area contributed by atoms with Gasteiger partial charge in [-0.15, -0.1) is 0 Å². The van der Waals surface area contributed by atoms with Crippen molar-refractivity contribution in [2.24, 2.45) is 0 Å². The first-order chi connectivity index (χ1) is 12.5. The third kappa shape index (κ3) is 5.19. The van der Waals surface area contributed by atoms with Crippen molar-refractivity contribution in [3.05, 3.63) is 68.1 Å². The van der Waals surface area contributed by atoms with Crippen LogP contribution in [0.2, 0.25) is 0 Å². The van der Waals surface area contributed by atoms with E-state index in [1.807, 2.05) is 30.3 Å². The molecule has 0 aliphatic carbocycles. The summed E-state index contributed by atoms with van der Waals surface area (Å²) in [4.78, 5) is 23.5. The van der Waals surface area contributed by atoms with Crippen LogP contribution in [0.25, 0.3) is 6.08 Å². The van der Waals surface area contributed by atoms with Crippen molar-refractivity contribution < 1.29 is 23.8 Å². The number of hydrogen-bond donors (Lipinski definition) is 0. The highest BCUT2D eigenvalue weighted by Crippen LogP contribution is 2.36. The van der Waals surface area contributed by atoms with E-state index in [1.165, 1.54) is 20.3 Å². The maximum absolute atomic E-state index is 11.8. The van der Waals surface area contributed by atoms with Crippen LogP contribution < -0.4 is 4.74 Å². The van der Waals surface area contributed by atoms with Gasteiger partial charge in [0.1, 0.15) is 17.9 Å². The van der Waals surface area contributed by atoms with Crippen LogP contribution in [0.3, 0.4) is 0 Å². The number of ether oxygens (including phenoxy) is 3. The molecule has 2 aromatic rings. The van der Waals surface area contributed by atoms with Gasteiger partial charge >= 0.3 is 11.9 Å². The van der Waals surface area contributed by atoms with Gasteiger partial charge < -0.3 is 14.2 Å². The lowest BCUT2D eigenvalue weighted by Crippen LogP contribution is -2.15. The van der Waals surface area contributed by atoms with Crippen molar-refractivity contribution in [2.75, 3.05) is 14.2 Å². The van der Waals surface area contributed by atoms with E-state index in [2.05, 4.69) is 41.3 Å². The Balaban J connectivity index is 2.28. The number of esters is 2. The SMILES string of the molecule is COC(=O)C(=Cc1cc(Br)c(OCc2ccccc2)c(Br)c1)C(=O)OC. The summed E-state index contributed by atoms with van der Waals surface area (Å²) in [7, 11) is 2.40. The standard InChI is InChI=1S/C19H16Br2O5/c1-24-18(22)14(19(23)25-2)8-13-9-15(20)17(16(21)10-13)26-11-12-6-4-3-5-7-12/h3-10H,11H2,1-2H3. The van der Waals surface area contributed by atoms with Gasteiger partial charge in [0.15, 0.2) is 0 Å². The van der Waals surface area contributed by atoms with Crippen LogP contribution in [0.1, 0.15) is 11.1 Å². The molecule has 0 aromatic heterocycles. The van der Waals surface area contributed by atoms with E-state index in [0.717, 1.165) is 5.56 Å². The summed E-state index contributed by atoms with van der Waals surface area (Å²) in [6.07, 6.45) is 1.40. The molecule has 0 N–H and O–H groups in total. The lowest BCUT2D eigenvalue weighted by Gasteiger charge is -2.12. The molecule has 2 aromatic carbocycles. The molecule has 136 valence electrons. The van der Waals surface area contributed by atoms with E-state index in [-0.39, 0.29) is 5.57 Å². The first kappa shape index (κ1) is 20.2. The predicted octanol–water partition coefficient (Wildman–Crippen LogP) is 4.52. The first-order valence-corrected chi connectivity index (χ1v) is 9.09. The van der Waals surface area contributed by atoms with Crippen molar-refractivity contribution in [3.63, 3.8) is 0 Å². The maximum atomic E-state index is 11.8. The highest BCUT2D eigenvalue weighted by Gasteiger charge is 2.20. The molecule has 0 radical (unpaired) electrons. The fourth-order valence-corrected chi connectivity index (χ4v) is 3.57. The van der Waals surface area contributed by atoms with Crippen molar-refractivity contribution in [1.29, 1.82) is 0 Å². The minimum absolute atomic E-state index is 0.202. The van der Waals surface area contributed by atoms with Crippen molar-refractivity contribution in [1.82, 2.24) is 0 Å². The number of hydrogen-bond acceptors (Lipinski definition) is 5. The molecule has 26 heavy (non-hydrogen) atoms. The van der Waals surface area contributed by atoms with Crippen molar-refractivity contribution in [3.8, 4) is 5.75 Å². The molecule has 0 bridgehead atoms. The minimum atomic E-state index is -0.770. The Morgan fingerprint density at radius 1 is 0.962 bits per heavy atom. The third-order valence-corrected chi connectivity index (χ3v) is 4.55. The zero-order valence-electron chi connectivity index (χ0n) is 14.1. The summed E-state index contributed by atoms with van der Waals surface area (Å²) >= 11 is 6.91. The highest BCUT2D eigenvalue weighted by molar-refractivity contribution is 9.11. The number of methoxy groups -OCH3 is 2. The molecule has 0 fully saturated rings. The van der Waals surface area contributed by atoms with Crippen LogP contribution in [0, 0.1) is 0 Å². The quantitative estimate of drug-likeness (QED) is 0.261. The normalized spacial score (nSPS) is 10.0. The highest BCUT2D eigenvalue weighted by atomic mass is 79.9. The molecule has 0 heterocycles. The van der Waals surface area contributed by atoms with Gasteiger partial charge in [-0.25, -0.2) is 9.59 Å². The fraction of sp³-hybridized carbons (Fsp3) is 0.158. The van der Waals surface area contributed by atoms with E-state index in [0.29, 0.717) is 26.9 Å². The Morgan fingerprint density at radius 2 is 1.50 bits per heavy atom. The van der Waals surface area contributed by atoms with Gasteiger partial charge in [0.25, 0.3) is 0 Å². The van der Waals surface area contributed by atoms with Crippen LogP contribution in [0.4, 0.5) is 0 Å². The second-order valence-electron chi connectivity index (χ2n) is 5.13. The molecule has 0 saturated carbocycles. The Bertz CT molecular complexity index is 790. The second kappa shape index (κ2) is 9.54. The average Bonchev–Trinajstić information content (AvgIpc) is 2.65. The molecule has 2 rings (SSSR count). The second-order valence-corrected chi connectivity index (χ2v) is 6.84. The molecule has 0 atom stereocenters. The van der Waals surface area contributed by atoms with Gasteiger partial charge in [-0.05, 0) is 61.2 Å². The number of carbonyl (C=O) groups is 2. The molecule has 0 aliphatic rings. The summed E-state index contributed by atoms with van der Waals surface area (Å²) in [5.41, 5.74) is 1.43. The molecule has 0 aliphatic heterocycles. The van der Waals surface area contributed by atoms with Gasteiger partial charge in [0.2, 0.25) is 0 Å². The van der Waals surface area contributed by atoms with Gasteiger partial charge in [-0.1, -0.05) is 30.3 Å². The van der Waals surface area contributed by atoms with E-state index in [4.69, 9.17) is 4.74 Å². The van der Waals surface area contributed by atoms with E-state index in [1.54, 1.807) is 12.1 Å². The first-order valence-electron chi connectivity index (χ1n) is 7.50. The van der Waals surface area contributed by atoms with E-state index in [9.17, 15) is 9.59 Å². The summed E-state index contributed by atoms with van der Waals surface area (Å²) in [6.45, 7) is 0.406. The predicted molar refractivity (Wildman–Crippen MR) is 105 cm³/mol. The largest absolute Gasteiger partial charge is 0.487 e. The third-order valence-electron chi connectivity index (χ3n) is 3.37. The summed E-state index contributed by atoms with van der Waals surface area (Å²) in [6, 6.07) is 13.2. The van der Waals surface area contributed by atoms with Crippen LogP contribution in [0.5, 0.6) is 5.75 Å². The molecule has 5 nitrogen and oxygen atoms in total.